The fraction of sp³-hybridized carbons (Fsp3) is 0.562. The molecule has 0 aliphatic heterocycles. The number of hydrogen-bond acceptors (Lipinski definition) is 3. The molecule has 1 aliphatic carbocycles. The quantitative estimate of drug-likeness (QED) is 0.831. The zero-order chi connectivity index (χ0) is 14.5. The highest BCUT2D eigenvalue weighted by Crippen LogP contribution is 2.31. The van der Waals surface area contributed by atoms with Crippen LogP contribution in [-0.4, -0.2) is 23.7 Å². The van der Waals surface area contributed by atoms with Crippen LogP contribution < -0.4 is 5.32 Å². The number of benzene rings is 1. The lowest BCUT2D eigenvalue weighted by atomic mass is 9.79. The topological polar surface area (TPSA) is 58.6 Å². The number of carbonyl (C=O) groups is 1. The summed E-state index contributed by atoms with van der Waals surface area (Å²) in [6.45, 7) is 4.47. The van der Waals surface area contributed by atoms with E-state index in [0.717, 1.165) is 12.8 Å². The molecule has 1 aliphatic rings. The molecule has 1 aromatic rings. The van der Waals surface area contributed by atoms with Gasteiger partial charge < -0.3 is 15.2 Å². The molecule has 4 heteroatoms. The summed E-state index contributed by atoms with van der Waals surface area (Å²) in [6.07, 6.45) is 3.59. The van der Waals surface area contributed by atoms with Gasteiger partial charge in [0.25, 0.3) is 0 Å². The first-order valence-electron chi connectivity index (χ1n) is 7.27. The van der Waals surface area contributed by atoms with E-state index in [-0.39, 0.29) is 24.4 Å². The Morgan fingerprint density at radius 1 is 1.35 bits per heavy atom. The number of amides is 1. The van der Waals surface area contributed by atoms with Gasteiger partial charge in [-0.15, -0.1) is 0 Å². The predicted molar refractivity (Wildman–Crippen MR) is 78.7 cm³/mol. The van der Waals surface area contributed by atoms with E-state index in [9.17, 15) is 9.90 Å². The van der Waals surface area contributed by atoms with Crippen LogP contribution in [0.25, 0.3) is 0 Å². The van der Waals surface area contributed by atoms with E-state index in [0.29, 0.717) is 17.5 Å². The summed E-state index contributed by atoms with van der Waals surface area (Å²) in [5.74, 6) is 0.981. The number of carbonyl (C=O) groups excluding carboxylic acids is 1. The first-order chi connectivity index (χ1) is 9.58. The molecule has 3 atom stereocenters. The molecular formula is C16H23NO3. The number of nitrogens with one attached hydrogen (secondary N) is 1. The maximum Gasteiger partial charge on any atom is 0.250 e. The number of para-hydroxylation sites is 2. The van der Waals surface area contributed by atoms with Gasteiger partial charge in [0.1, 0.15) is 12.4 Å². The van der Waals surface area contributed by atoms with Crippen molar-refractivity contribution in [3.8, 4) is 5.75 Å². The van der Waals surface area contributed by atoms with Crippen molar-refractivity contribution in [3.63, 3.8) is 0 Å². The van der Waals surface area contributed by atoms with Gasteiger partial charge in [-0.1, -0.05) is 38.8 Å². The smallest absolute Gasteiger partial charge is 0.250 e. The maximum absolute atomic E-state index is 11.8. The summed E-state index contributed by atoms with van der Waals surface area (Å²) in [5.41, 5.74) is 0.422. The Balaban J connectivity index is 1.82. The third kappa shape index (κ3) is 3.73. The molecule has 1 saturated carbocycles. The molecule has 0 spiro atoms. The van der Waals surface area contributed by atoms with Crippen molar-refractivity contribution in [3.05, 3.63) is 24.3 Å². The summed E-state index contributed by atoms with van der Waals surface area (Å²) >= 11 is 0. The predicted octanol–water partition coefficient (Wildman–Crippen LogP) is 3.17. The highest BCUT2D eigenvalue weighted by molar-refractivity contribution is 5.93. The van der Waals surface area contributed by atoms with E-state index >= 15 is 0 Å². The molecule has 2 N–H and O–H groups in total. The van der Waals surface area contributed by atoms with Gasteiger partial charge in [0.2, 0.25) is 5.91 Å². The Labute approximate surface area is 120 Å². The van der Waals surface area contributed by atoms with Gasteiger partial charge in [-0.3, -0.25) is 4.79 Å². The lowest BCUT2D eigenvalue weighted by Crippen LogP contribution is -2.33. The fourth-order valence-corrected chi connectivity index (χ4v) is 2.72. The second-order valence-corrected chi connectivity index (χ2v) is 5.68. The van der Waals surface area contributed by atoms with Gasteiger partial charge in [-0.2, -0.15) is 0 Å². The Bertz CT molecular complexity index is 461. The second-order valence-electron chi connectivity index (χ2n) is 5.68. The van der Waals surface area contributed by atoms with E-state index in [1.54, 1.807) is 24.3 Å². The minimum absolute atomic E-state index is 0.0378. The molecule has 4 nitrogen and oxygen atoms in total. The molecule has 3 unspecified atom stereocenters. The molecule has 2 rings (SSSR count). The summed E-state index contributed by atoms with van der Waals surface area (Å²) in [5, 5.41) is 12.3. The normalized spacial score (nSPS) is 26.2. The van der Waals surface area contributed by atoms with Gasteiger partial charge >= 0.3 is 0 Å². The SMILES string of the molecule is CC1CCCC(OCC(=O)Nc2ccccc2O)C1C. The molecule has 0 aromatic heterocycles. The minimum atomic E-state index is -0.225. The van der Waals surface area contributed by atoms with Crippen molar-refractivity contribution >= 4 is 11.6 Å². The van der Waals surface area contributed by atoms with E-state index in [1.165, 1.54) is 6.42 Å². The number of anilines is 1. The van der Waals surface area contributed by atoms with Crippen molar-refractivity contribution in [2.45, 2.75) is 39.2 Å². The lowest BCUT2D eigenvalue weighted by molar-refractivity contribution is -0.125. The minimum Gasteiger partial charge on any atom is -0.506 e. The summed E-state index contributed by atoms with van der Waals surface area (Å²) in [6, 6.07) is 6.69. The average Bonchev–Trinajstić information content (AvgIpc) is 2.43. The van der Waals surface area contributed by atoms with Crippen molar-refractivity contribution in [2.75, 3.05) is 11.9 Å². The lowest BCUT2D eigenvalue weighted by Gasteiger charge is -2.33. The average molecular weight is 277 g/mol. The number of aromatic hydroxyl groups is 1. The van der Waals surface area contributed by atoms with Crippen LogP contribution in [0, 0.1) is 11.8 Å². The van der Waals surface area contributed by atoms with Crippen molar-refractivity contribution in [1.29, 1.82) is 0 Å². The number of rotatable bonds is 4. The molecule has 0 saturated heterocycles. The van der Waals surface area contributed by atoms with Gasteiger partial charge in [0.05, 0.1) is 11.8 Å². The Morgan fingerprint density at radius 2 is 2.10 bits per heavy atom. The van der Waals surface area contributed by atoms with Crippen molar-refractivity contribution in [2.24, 2.45) is 11.8 Å². The van der Waals surface area contributed by atoms with Gasteiger partial charge in [-0.05, 0) is 30.4 Å². The Kier molecular flexibility index (Phi) is 5.01. The van der Waals surface area contributed by atoms with Crippen LogP contribution in [-0.2, 0) is 9.53 Å². The van der Waals surface area contributed by atoms with Gasteiger partial charge in [-0.25, -0.2) is 0 Å². The van der Waals surface area contributed by atoms with Crippen LogP contribution >= 0.6 is 0 Å². The number of phenolic OH excluding ortho intramolecular Hbond substituents is 1. The van der Waals surface area contributed by atoms with Crippen LogP contribution in [0.4, 0.5) is 5.69 Å². The van der Waals surface area contributed by atoms with E-state index in [2.05, 4.69) is 19.2 Å². The van der Waals surface area contributed by atoms with Crippen molar-refractivity contribution < 1.29 is 14.6 Å². The first-order valence-corrected chi connectivity index (χ1v) is 7.27. The summed E-state index contributed by atoms with van der Waals surface area (Å²) < 4.78 is 5.75. The monoisotopic (exact) mass is 277 g/mol. The van der Waals surface area contributed by atoms with E-state index < -0.39 is 0 Å². The zero-order valence-electron chi connectivity index (χ0n) is 12.1. The van der Waals surface area contributed by atoms with E-state index in [1.807, 2.05) is 0 Å². The standard InChI is InChI=1S/C16H23NO3/c1-11-6-5-9-15(12(11)2)20-10-16(19)17-13-7-3-4-8-14(13)18/h3-4,7-8,11-12,15,18H,5-6,9-10H2,1-2H3,(H,17,19). The molecule has 110 valence electrons. The highest BCUT2D eigenvalue weighted by atomic mass is 16.5. The largest absolute Gasteiger partial charge is 0.506 e. The molecular weight excluding hydrogens is 254 g/mol. The number of hydrogen-bond donors (Lipinski definition) is 2. The summed E-state index contributed by atoms with van der Waals surface area (Å²) in [4.78, 5) is 11.8. The van der Waals surface area contributed by atoms with Crippen molar-refractivity contribution in [1.82, 2.24) is 0 Å². The van der Waals surface area contributed by atoms with Gasteiger partial charge in [0.15, 0.2) is 0 Å². The van der Waals surface area contributed by atoms with Crippen LogP contribution in [0.1, 0.15) is 33.1 Å². The van der Waals surface area contributed by atoms with Gasteiger partial charge in [0, 0.05) is 0 Å². The van der Waals surface area contributed by atoms with Crippen LogP contribution in [0.5, 0.6) is 5.75 Å². The number of phenols is 1. The molecule has 20 heavy (non-hydrogen) atoms. The zero-order valence-corrected chi connectivity index (χ0v) is 12.1. The third-order valence-electron chi connectivity index (χ3n) is 4.24. The van der Waals surface area contributed by atoms with E-state index in [4.69, 9.17) is 4.74 Å². The molecule has 1 aromatic carbocycles. The highest BCUT2D eigenvalue weighted by Gasteiger charge is 2.28. The third-order valence-corrected chi connectivity index (χ3v) is 4.24. The Morgan fingerprint density at radius 3 is 2.85 bits per heavy atom. The molecule has 1 fully saturated rings. The molecule has 1 amide bonds. The Hall–Kier alpha value is -1.55. The maximum atomic E-state index is 11.8. The van der Waals surface area contributed by atoms with Crippen LogP contribution in [0.2, 0.25) is 0 Å². The molecule has 0 heterocycles. The van der Waals surface area contributed by atoms with Crippen LogP contribution in [0.15, 0.2) is 24.3 Å². The fourth-order valence-electron chi connectivity index (χ4n) is 2.72. The molecule has 0 radical (unpaired) electrons. The first kappa shape index (κ1) is 14.9. The second kappa shape index (κ2) is 6.75. The molecule has 0 bridgehead atoms. The van der Waals surface area contributed by atoms with Crippen LogP contribution in [0.3, 0.4) is 0 Å². The number of ether oxygens (including phenoxy) is 1. The summed E-state index contributed by atoms with van der Waals surface area (Å²) in [7, 11) is 0.